The summed E-state index contributed by atoms with van der Waals surface area (Å²) < 4.78 is 8.98. The van der Waals surface area contributed by atoms with E-state index in [4.69, 9.17) is 10.5 Å². The Morgan fingerprint density at radius 2 is 2.25 bits per heavy atom. The van der Waals surface area contributed by atoms with Crippen molar-refractivity contribution in [2.24, 2.45) is 0 Å². The van der Waals surface area contributed by atoms with Crippen LogP contribution in [0.5, 0.6) is 0 Å². The minimum atomic E-state index is 0.391. The van der Waals surface area contributed by atoms with Gasteiger partial charge in [-0.2, -0.15) is 0 Å². The van der Waals surface area contributed by atoms with Crippen molar-refractivity contribution in [1.29, 1.82) is 0 Å². The first-order valence-corrected chi connectivity index (χ1v) is 7.88. The van der Waals surface area contributed by atoms with Gasteiger partial charge in [-0.05, 0) is 35.2 Å². The molecule has 6 heteroatoms. The van der Waals surface area contributed by atoms with Gasteiger partial charge in [0.25, 0.3) is 0 Å². The zero-order chi connectivity index (χ0) is 14.1. The standard InChI is InChI=1S/C14H19BrN4O/c1-2-3-4-20-10-5-9(6-10)19-7-11(15)12-13(16)17-8-18-14(12)19/h7-10H,2-6H2,1H3,(H2,16,17,18). The Hall–Kier alpha value is -1.14. The summed E-state index contributed by atoms with van der Waals surface area (Å²) in [7, 11) is 0. The molecular weight excluding hydrogens is 320 g/mol. The molecule has 1 saturated carbocycles. The largest absolute Gasteiger partial charge is 0.383 e. The number of aromatic nitrogens is 3. The fourth-order valence-corrected chi connectivity index (χ4v) is 3.24. The van der Waals surface area contributed by atoms with Crippen LogP contribution in [0.3, 0.4) is 0 Å². The van der Waals surface area contributed by atoms with E-state index in [1.165, 1.54) is 12.7 Å². The second-order valence-electron chi connectivity index (χ2n) is 5.31. The lowest BCUT2D eigenvalue weighted by Gasteiger charge is -2.36. The minimum Gasteiger partial charge on any atom is -0.383 e. The molecule has 1 aliphatic carbocycles. The summed E-state index contributed by atoms with van der Waals surface area (Å²) in [6, 6.07) is 0.449. The summed E-state index contributed by atoms with van der Waals surface area (Å²) in [6.45, 7) is 3.06. The van der Waals surface area contributed by atoms with Crippen molar-refractivity contribution in [3.05, 3.63) is 17.0 Å². The molecule has 0 bridgehead atoms. The molecule has 0 aliphatic heterocycles. The third-order valence-electron chi connectivity index (χ3n) is 3.91. The van der Waals surface area contributed by atoms with E-state index in [-0.39, 0.29) is 0 Å². The first kappa shape index (κ1) is 13.8. The number of nitrogens with two attached hydrogens (primary N) is 1. The first-order valence-electron chi connectivity index (χ1n) is 7.08. The smallest absolute Gasteiger partial charge is 0.146 e. The van der Waals surface area contributed by atoms with Crippen LogP contribution in [0.15, 0.2) is 17.0 Å². The molecule has 0 atom stereocenters. The van der Waals surface area contributed by atoms with Gasteiger partial charge in [0.15, 0.2) is 0 Å². The van der Waals surface area contributed by atoms with E-state index in [1.807, 2.05) is 0 Å². The normalized spacial score (nSPS) is 22.1. The topological polar surface area (TPSA) is 66.0 Å². The molecule has 0 saturated heterocycles. The Balaban J connectivity index is 1.72. The summed E-state index contributed by atoms with van der Waals surface area (Å²) in [5.74, 6) is 0.524. The average molecular weight is 339 g/mol. The molecule has 108 valence electrons. The third kappa shape index (κ3) is 2.42. The van der Waals surface area contributed by atoms with E-state index in [9.17, 15) is 0 Å². The summed E-state index contributed by atoms with van der Waals surface area (Å²) >= 11 is 3.54. The van der Waals surface area contributed by atoms with Gasteiger partial charge in [0.1, 0.15) is 17.8 Å². The number of hydrogen-bond acceptors (Lipinski definition) is 4. The van der Waals surface area contributed by atoms with Crippen molar-refractivity contribution in [1.82, 2.24) is 14.5 Å². The van der Waals surface area contributed by atoms with Crippen molar-refractivity contribution in [2.45, 2.75) is 44.8 Å². The zero-order valence-corrected chi connectivity index (χ0v) is 13.1. The highest BCUT2D eigenvalue weighted by atomic mass is 79.9. The molecular formula is C14H19BrN4O. The molecule has 0 spiro atoms. The van der Waals surface area contributed by atoms with Crippen LogP contribution in [0.1, 0.15) is 38.6 Å². The fourth-order valence-electron chi connectivity index (χ4n) is 2.64. The molecule has 2 heterocycles. The number of anilines is 1. The van der Waals surface area contributed by atoms with E-state index in [0.29, 0.717) is 18.0 Å². The van der Waals surface area contributed by atoms with Crippen LogP contribution < -0.4 is 5.73 Å². The van der Waals surface area contributed by atoms with Gasteiger partial charge in [-0.1, -0.05) is 13.3 Å². The number of nitrogen functional groups attached to an aromatic ring is 1. The van der Waals surface area contributed by atoms with E-state index < -0.39 is 0 Å². The molecule has 1 fully saturated rings. The zero-order valence-electron chi connectivity index (χ0n) is 11.6. The van der Waals surface area contributed by atoms with Gasteiger partial charge >= 0.3 is 0 Å². The quantitative estimate of drug-likeness (QED) is 0.849. The van der Waals surface area contributed by atoms with Gasteiger partial charge < -0.3 is 15.0 Å². The lowest BCUT2D eigenvalue weighted by molar-refractivity contribution is -0.0259. The van der Waals surface area contributed by atoms with Gasteiger partial charge in [-0.25, -0.2) is 9.97 Å². The highest BCUT2D eigenvalue weighted by Crippen LogP contribution is 2.39. The maximum Gasteiger partial charge on any atom is 0.146 e. The minimum absolute atomic E-state index is 0.391. The van der Waals surface area contributed by atoms with Crippen molar-refractivity contribution in [3.8, 4) is 0 Å². The number of ether oxygens (including phenoxy) is 1. The predicted octanol–water partition coefficient (Wildman–Crippen LogP) is 3.30. The maximum absolute atomic E-state index is 5.92. The van der Waals surface area contributed by atoms with Gasteiger partial charge in [-0.15, -0.1) is 0 Å². The van der Waals surface area contributed by atoms with Gasteiger partial charge in [0.05, 0.1) is 11.5 Å². The SMILES string of the molecule is CCCCOC1CC(n2cc(Br)c3c(N)ncnc32)C1. The predicted molar refractivity (Wildman–Crippen MR) is 82.6 cm³/mol. The molecule has 3 rings (SSSR count). The van der Waals surface area contributed by atoms with E-state index in [0.717, 1.165) is 41.4 Å². The summed E-state index contributed by atoms with van der Waals surface area (Å²) in [5, 5.41) is 0.905. The molecule has 20 heavy (non-hydrogen) atoms. The van der Waals surface area contributed by atoms with Gasteiger partial charge in [0.2, 0.25) is 0 Å². The van der Waals surface area contributed by atoms with Crippen LogP contribution in [0, 0.1) is 0 Å². The fraction of sp³-hybridized carbons (Fsp3) is 0.571. The summed E-state index contributed by atoms with van der Waals surface area (Å²) in [5.41, 5.74) is 6.82. The summed E-state index contributed by atoms with van der Waals surface area (Å²) in [4.78, 5) is 8.42. The number of halogens is 1. The van der Waals surface area contributed by atoms with Crippen LogP contribution in [-0.2, 0) is 4.74 Å². The second-order valence-corrected chi connectivity index (χ2v) is 6.17. The first-order chi connectivity index (χ1) is 9.70. The third-order valence-corrected chi connectivity index (χ3v) is 4.51. The average Bonchev–Trinajstić information content (AvgIpc) is 2.71. The monoisotopic (exact) mass is 338 g/mol. The highest BCUT2D eigenvalue weighted by Gasteiger charge is 2.32. The second kappa shape index (κ2) is 5.69. The number of nitrogens with zero attached hydrogens (tertiary/aromatic N) is 3. The number of rotatable bonds is 5. The maximum atomic E-state index is 5.92. The molecule has 2 aromatic rings. The number of unbranched alkanes of at least 4 members (excludes halogenated alkanes) is 1. The molecule has 0 radical (unpaired) electrons. The lowest BCUT2D eigenvalue weighted by Crippen LogP contribution is -2.33. The lowest BCUT2D eigenvalue weighted by atomic mass is 9.89. The van der Waals surface area contributed by atoms with Crippen molar-refractivity contribution in [3.63, 3.8) is 0 Å². The number of hydrogen-bond donors (Lipinski definition) is 1. The highest BCUT2D eigenvalue weighted by molar-refractivity contribution is 9.10. The Morgan fingerprint density at radius 3 is 3.00 bits per heavy atom. The Labute approximate surface area is 126 Å². The summed E-state index contributed by atoms with van der Waals surface area (Å²) in [6.07, 6.45) is 8.39. The Bertz CT molecular complexity index is 606. The molecule has 2 N–H and O–H groups in total. The molecule has 5 nitrogen and oxygen atoms in total. The van der Waals surface area contributed by atoms with Crippen LogP contribution >= 0.6 is 15.9 Å². The van der Waals surface area contributed by atoms with Gasteiger partial charge in [-0.3, -0.25) is 0 Å². The van der Waals surface area contributed by atoms with Crippen molar-refractivity contribution in [2.75, 3.05) is 12.3 Å². The number of fused-ring (bicyclic) bond motifs is 1. The van der Waals surface area contributed by atoms with E-state index in [1.54, 1.807) is 0 Å². The van der Waals surface area contributed by atoms with Crippen LogP contribution in [-0.4, -0.2) is 27.2 Å². The molecule has 1 aliphatic rings. The molecule has 0 unspecified atom stereocenters. The molecule has 0 aromatic carbocycles. The van der Waals surface area contributed by atoms with Gasteiger partial charge in [0, 0.05) is 23.3 Å². The van der Waals surface area contributed by atoms with Crippen molar-refractivity contribution >= 4 is 32.8 Å². The van der Waals surface area contributed by atoms with Crippen LogP contribution in [0.2, 0.25) is 0 Å². The molecule has 2 aromatic heterocycles. The Kier molecular flexibility index (Phi) is 3.94. The van der Waals surface area contributed by atoms with Crippen LogP contribution in [0.25, 0.3) is 11.0 Å². The Morgan fingerprint density at radius 1 is 1.45 bits per heavy atom. The van der Waals surface area contributed by atoms with E-state index >= 15 is 0 Å². The van der Waals surface area contributed by atoms with E-state index in [2.05, 4.69) is 43.6 Å². The molecule has 0 amide bonds. The van der Waals surface area contributed by atoms with Crippen molar-refractivity contribution < 1.29 is 4.74 Å². The van der Waals surface area contributed by atoms with Crippen LogP contribution in [0.4, 0.5) is 5.82 Å².